The summed E-state index contributed by atoms with van der Waals surface area (Å²) in [6, 6.07) is 4.81. The molecular formula is C13H17FO3. The molecule has 17 heavy (non-hydrogen) atoms. The molecule has 0 aliphatic carbocycles. The molecule has 0 saturated carbocycles. The molecule has 1 N–H and O–H groups in total. The first-order valence-electron chi connectivity index (χ1n) is 5.82. The standard InChI is InChI=1S/C13H17FO3/c1-16-12-5-4-9(7-11(12)14)13-10(8-15)3-2-6-17-13/h4-5,7,10,13,15H,2-3,6,8H2,1H3. The van der Waals surface area contributed by atoms with E-state index in [0.29, 0.717) is 6.61 Å². The Morgan fingerprint density at radius 3 is 3.00 bits per heavy atom. The van der Waals surface area contributed by atoms with Crippen LogP contribution in [0.15, 0.2) is 18.2 Å². The maximum absolute atomic E-state index is 13.6. The van der Waals surface area contributed by atoms with Gasteiger partial charge in [-0.2, -0.15) is 0 Å². The van der Waals surface area contributed by atoms with Crippen LogP contribution in [0.1, 0.15) is 24.5 Å². The van der Waals surface area contributed by atoms with Crippen LogP contribution in [-0.2, 0) is 4.74 Å². The van der Waals surface area contributed by atoms with E-state index in [4.69, 9.17) is 9.47 Å². The summed E-state index contributed by atoms with van der Waals surface area (Å²) < 4.78 is 24.1. The number of aliphatic hydroxyl groups is 1. The molecule has 0 spiro atoms. The van der Waals surface area contributed by atoms with E-state index in [1.54, 1.807) is 12.1 Å². The van der Waals surface area contributed by atoms with Gasteiger partial charge < -0.3 is 14.6 Å². The van der Waals surface area contributed by atoms with E-state index in [2.05, 4.69) is 0 Å². The third-order valence-electron chi connectivity index (χ3n) is 3.18. The molecule has 2 rings (SSSR count). The van der Waals surface area contributed by atoms with Gasteiger partial charge in [0.15, 0.2) is 11.6 Å². The Morgan fingerprint density at radius 1 is 1.53 bits per heavy atom. The molecular weight excluding hydrogens is 223 g/mol. The normalized spacial score (nSPS) is 24.6. The fourth-order valence-electron chi connectivity index (χ4n) is 2.26. The third-order valence-corrected chi connectivity index (χ3v) is 3.18. The smallest absolute Gasteiger partial charge is 0.165 e. The van der Waals surface area contributed by atoms with Crippen molar-refractivity contribution >= 4 is 0 Å². The van der Waals surface area contributed by atoms with Crippen molar-refractivity contribution in [3.63, 3.8) is 0 Å². The summed E-state index contributed by atoms with van der Waals surface area (Å²) >= 11 is 0. The van der Waals surface area contributed by atoms with Crippen LogP contribution in [0.2, 0.25) is 0 Å². The molecule has 2 atom stereocenters. The zero-order valence-corrected chi connectivity index (χ0v) is 9.86. The number of halogens is 1. The van der Waals surface area contributed by atoms with Gasteiger partial charge in [0.1, 0.15) is 0 Å². The molecule has 2 unspecified atom stereocenters. The summed E-state index contributed by atoms with van der Waals surface area (Å²) in [5, 5.41) is 9.29. The molecule has 0 aromatic heterocycles. The first-order chi connectivity index (χ1) is 8.26. The second-order valence-electron chi connectivity index (χ2n) is 4.27. The maximum atomic E-state index is 13.6. The summed E-state index contributed by atoms with van der Waals surface area (Å²) in [6.07, 6.45) is 1.64. The van der Waals surface area contributed by atoms with Gasteiger partial charge in [-0.15, -0.1) is 0 Å². The number of benzene rings is 1. The highest BCUT2D eigenvalue weighted by atomic mass is 19.1. The fraction of sp³-hybridized carbons (Fsp3) is 0.538. The van der Waals surface area contributed by atoms with Crippen molar-refractivity contribution in [3.05, 3.63) is 29.6 Å². The third kappa shape index (κ3) is 2.58. The number of hydrogen-bond acceptors (Lipinski definition) is 3. The fourth-order valence-corrected chi connectivity index (χ4v) is 2.26. The van der Waals surface area contributed by atoms with Crippen molar-refractivity contribution in [2.75, 3.05) is 20.3 Å². The molecule has 1 aliphatic rings. The van der Waals surface area contributed by atoms with Crippen molar-refractivity contribution < 1.29 is 19.0 Å². The largest absolute Gasteiger partial charge is 0.494 e. The summed E-state index contributed by atoms with van der Waals surface area (Å²) in [6.45, 7) is 0.729. The van der Waals surface area contributed by atoms with Crippen LogP contribution < -0.4 is 4.74 Å². The summed E-state index contributed by atoms with van der Waals surface area (Å²) in [5.41, 5.74) is 0.766. The number of aliphatic hydroxyl groups excluding tert-OH is 1. The van der Waals surface area contributed by atoms with E-state index in [-0.39, 0.29) is 24.4 Å². The lowest BCUT2D eigenvalue weighted by Crippen LogP contribution is -2.25. The number of hydrogen-bond donors (Lipinski definition) is 1. The van der Waals surface area contributed by atoms with Gasteiger partial charge in [-0.25, -0.2) is 4.39 Å². The lowest BCUT2D eigenvalue weighted by atomic mass is 9.90. The van der Waals surface area contributed by atoms with Crippen molar-refractivity contribution in [2.45, 2.75) is 18.9 Å². The second kappa shape index (κ2) is 5.47. The molecule has 1 fully saturated rings. The maximum Gasteiger partial charge on any atom is 0.165 e. The lowest BCUT2D eigenvalue weighted by Gasteiger charge is -2.30. The molecule has 3 nitrogen and oxygen atoms in total. The van der Waals surface area contributed by atoms with Crippen LogP contribution in [0.5, 0.6) is 5.75 Å². The van der Waals surface area contributed by atoms with E-state index in [1.165, 1.54) is 13.2 Å². The predicted molar refractivity (Wildman–Crippen MR) is 61.5 cm³/mol. The van der Waals surface area contributed by atoms with Gasteiger partial charge in [0.2, 0.25) is 0 Å². The number of methoxy groups -OCH3 is 1. The first kappa shape index (κ1) is 12.3. The van der Waals surface area contributed by atoms with Crippen LogP contribution in [0.4, 0.5) is 4.39 Å². The summed E-state index contributed by atoms with van der Waals surface area (Å²) in [5.74, 6) is -0.113. The monoisotopic (exact) mass is 240 g/mol. The van der Waals surface area contributed by atoms with Crippen LogP contribution in [0.25, 0.3) is 0 Å². The Kier molecular flexibility index (Phi) is 3.97. The SMILES string of the molecule is COc1ccc(C2OCCCC2CO)cc1F. The Hall–Kier alpha value is -1.13. The highest BCUT2D eigenvalue weighted by Crippen LogP contribution is 2.34. The molecule has 1 heterocycles. The van der Waals surface area contributed by atoms with Crippen LogP contribution in [-0.4, -0.2) is 25.4 Å². The van der Waals surface area contributed by atoms with Gasteiger partial charge in [-0.05, 0) is 30.5 Å². The molecule has 0 amide bonds. The summed E-state index contributed by atoms with van der Waals surface area (Å²) in [7, 11) is 1.44. The molecule has 1 aromatic carbocycles. The molecule has 1 saturated heterocycles. The van der Waals surface area contributed by atoms with Gasteiger partial charge in [-0.3, -0.25) is 0 Å². The Morgan fingerprint density at radius 2 is 2.35 bits per heavy atom. The quantitative estimate of drug-likeness (QED) is 0.881. The molecule has 4 heteroatoms. The Balaban J connectivity index is 2.23. The van der Waals surface area contributed by atoms with E-state index in [0.717, 1.165) is 18.4 Å². The van der Waals surface area contributed by atoms with Gasteiger partial charge in [0.25, 0.3) is 0 Å². The average molecular weight is 240 g/mol. The topological polar surface area (TPSA) is 38.7 Å². The van der Waals surface area contributed by atoms with E-state index < -0.39 is 5.82 Å². The predicted octanol–water partition coefficient (Wildman–Crippen LogP) is 2.29. The van der Waals surface area contributed by atoms with E-state index >= 15 is 0 Å². The Bertz CT molecular complexity index is 381. The highest BCUT2D eigenvalue weighted by Gasteiger charge is 2.27. The minimum absolute atomic E-state index is 0.0524. The van der Waals surface area contributed by atoms with Gasteiger partial charge in [-0.1, -0.05) is 6.07 Å². The van der Waals surface area contributed by atoms with Crippen LogP contribution >= 0.6 is 0 Å². The number of ether oxygens (including phenoxy) is 2. The van der Waals surface area contributed by atoms with Gasteiger partial charge >= 0.3 is 0 Å². The minimum Gasteiger partial charge on any atom is -0.494 e. The molecule has 1 aliphatic heterocycles. The van der Waals surface area contributed by atoms with Crippen LogP contribution in [0.3, 0.4) is 0 Å². The van der Waals surface area contributed by atoms with Crippen molar-refractivity contribution in [1.82, 2.24) is 0 Å². The highest BCUT2D eigenvalue weighted by molar-refractivity contribution is 5.31. The van der Waals surface area contributed by atoms with Crippen molar-refractivity contribution in [2.24, 2.45) is 5.92 Å². The van der Waals surface area contributed by atoms with Crippen molar-refractivity contribution in [3.8, 4) is 5.75 Å². The Labute approximate surface area is 100 Å². The molecule has 1 aromatic rings. The zero-order chi connectivity index (χ0) is 12.3. The van der Waals surface area contributed by atoms with E-state index in [1.807, 2.05) is 0 Å². The van der Waals surface area contributed by atoms with Crippen molar-refractivity contribution in [1.29, 1.82) is 0 Å². The molecule has 94 valence electrons. The zero-order valence-electron chi connectivity index (χ0n) is 9.86. The van der Waals surface area contributed by atoms with Gasteiger partial charge in [0.05, 0.1) is 13.2 Å². The molecule has 0 radical (unpaired) electrons. The van der Waals surface area contributed by atoms with E-state index in [9.17, 15) is 9.50 Å². The minimum atomic E-state index is -0.393. The second-order valence-corrected chi connectivity index (χ2v) is 4.27. The first-order valence-corrected chi connectivity index (χ1v) is 5.82. The number of rotatable bonds is 3. The lowest BCUT2D eigenvalue weighted by molar-refractivity contribution is -0.0458. The summed E-state index contributed by atoms with van der Waals surface area (Å²) in [4.78, 5) is 0. The van der Waals surface area contributed by atoms with Crippen LogP contribution in [0, 0.1) is 11.7 Å². The average Bonchev–Trinajstić information content (AvgIpc) is 2.38. The van der Waals surface area contributed by atoms with Gasteiger partial charge in [0, 0.05) is 19.1 Å². The molecule has 0 bridgehead atoms.